The Hall–Kier alpha value is -4.40. The molecule has 3 heterocycles. The number of benzene rings is 3. The van der Waals surface area contributed by atoms with Gasteiger partial charge >= 0.3 is 0 Å². The largest absolute Gasteiger partial charge is 0.496 e. The molecule has 0 radical (unpaired) electrons. The Morgan fingerprint density at radius 1 is 0.857 bits per heavy atom. The summed E-state index contributed by atoms with van der Waals surface area (Å²) in [4.78, 5) is 12.0. The average molecular weight is 575 g/mol. The SMILES string of the molecule is CCc1ccccc1N1CN=C2N(C1)C(=S)C1(C#N)CN(c3ccccc3CC)CC2(C#N)C1c1ccccc1OC. The number of nitriles is 2. The van der Waals surface area contributed by atoms with Gasteiger partial charge in [-0.05, 0) is 42.2 Å². The smallest absolute Gasteiger partial charge is 0.141 e. The molecule has 0 amide bonds. The quantitative estimate of drug-likeness (QED) is 0.338. The molecule has 3 aliphatic rings. The van der Waals surface area contributed by atoms with E-state index in [1.807, 2.05) is 53.4 Å². The van der Waals surface area contributed by atoms with Gasteiger partial charge in [0.2, 0.25) is 0 Å². The maximum Gasteiger partial charge on any atom is 0.141 e. The first-order chi connectivity index (χ1) is 20.5. The molecule has 3 unspecified atom stereocenters. The van der Waals surface area contributed by atoms with Gasteiger partial charge in [-0.3, -0.25) is 0 Å². The molecular formula is C34H34N6OS. The third-order valence-corrected chi connectivity index (χ3v) is 9.71. The normalized spacial score (nSPS) is 24.8. The van der Waals surface area contributed by atoms with Gasteiger partial charge in [-0.2, -0.15) is 10.5 Å². The van der Waals surface area contributed by atoms with E-state index >= 15 is 0 Å². The van der Waals surface area contributed by atoms with Crippen molar-refractivity contribution in [1.82, 2.24) is 4.90 Å². The van der Waals surface area contributed by atoms with E-state index in [0.29, 0.717) is 43.0 Å². The van der Waals surface area contributed by atoms with Crippen molar-refractivity contribution < 1.29 is 4.74 Å². The van der Waals surface area contributed by atoms with Crippen LogP contribution in [0.25, 0.3) is 0 Å². The third kappa shape index (κ3) is 3.97. The Labute approximate surface area is 253 Å². The number of thiocarbonyl (C=S) groups is 1. The van der Waals surface area contributed by atoms with Crippen LogP contribution >= 0.6 is 12.2 Å². The van der Waals surface area contributed by atoms with E-state index in [9.17, 15) is 10.5 Å². The molecule has 2 saturated heterocycles. The number of anilines is 2. The Kier molecular flexibility index (Phi) is 7.12. The van der Waals surface area contributed by atoms with Crippen LogP contribution in [-0.2, 0) is 12.8 Å². The van der Waals surface area contributed by atoms with Crippen LogP contribution in [0.15, 0.2) is 77.8 Å². The molecule has 3 atom stereocenters. The first-order valence-electron chi connectivity index (χ1n) is 14.5. The summed E-state index contributed by atoms with van der Waals surface area (Å²) in [5.41, 5.74) is 2.99. The number of para-hydroxylation sites is 3. The number of aryl methyl sites for hydroxylation is 2. The summed E-state index contributed by atoms with van der Waals surface area (Å²) in [7, 11) is 1.63. The maximum absolute atomic E-state index is 11.3. The molecule has 2 bridgehead atoms. The number of nitrogens with zero attached hydrogens (tertiary/aromatic N) is 6. The molecule has 3 aromatic carbocycles. The number of fused-ring (bicyclic) bond motifs is 4. The van der Waals surface area contributed by atoms with Crippen LogP contribution in [-0.4, -0.2) is 49.3 Å². The topological polar surface area (TPSA) is 78.9 Å². The van der Waals surface area contributed by atoms with Crippen molar-refractivity contribution in [3.8, 4) is 17.9 Å². The van der Waals surface area contributed by atoms with Crippen LogP contribution < -0.4 is 14.5 Å². The molecule has 0 N–H and O–H groups in total. The highest BCUT2D eigenvalue weighted by Gasteiger charge is 2.69. The molecule has 42 heavy (non-hydrogen) atoms. The fourth-order valence-corrected chi connectivity index (χ4v) is 7.62. The predicted octanol–water partition coefficient (Wildman–Crippen LogP) is 5.92. The third-order valence-electron chi connectivity index (χ3n) is 9.13. The summed E-state index contributed by atoms with van der Waals surface area (Å²) >= 11 is 6.32. The zero-order valence-corrected chi connectivity index (χ0v) is 25.1. The van der Waals surface area contributed by atoms with Gasteiger partial charge in [0.1, 0.15) is 34.1 Å². The molecule has 0 spiro atoms. The standard InChI is InChI=1S/C34H34N6OS/c1-4-24-12-6-9-15-27(24)38-20-33(18-35)30(26-14-8-11-17-29(26)41-3)34(19-36,21-38)32(42)40-23-39(22-37-31(33)40)28-16-10-7-13-25(28)5-2/h6-17,30H,4-5,20-23H2,1-3H3. The van der Waals surface area contributed by atoms with Gasteiger partial charge in [-0.25, -0.2) is 4.99 Å². The van der Waals surface area contributed by atoms with Gasteiger partial charge in [0.25, 0.3) is 0 Å². The predicted molar refractivity (Wildman–Crippen MR) is 170 cm³/mol. The van der Waals surface area contributed by atoms with Gasteiger partial charge < -0.3 is 19.4 Å². The number of ether oxygens (including phenoxy) is 1. The van der Waals surface area contributed by atoms with E-state index in [1.54, 1.807) is 7.11 Å². The van der Waals surface area contributed by atoms with E-state index in [1.165, 1.54) is 11.1 Å². The lowest BCUT2D eigenvalue weighted by Crippen LogP contribution is -2.73. The molecule has 2 fully saturated rings. The van der Waals surface area contributed by atoms with E-state index in [2.05, 4.69) is 60.1 Å². The Balaban J connectivity index is 1.58. The first kappa shape index (κ1) is 27.8. The monoisotopic (exact) mass is 574 g/mol. The van der Waals surface area contributed by atoms with Crippen LogP contribution in [0.3, 0.4) is 0 Å². The summed E-state index contributed by atoms with van der Waals surface area (Å²) in [6.07, 6.45) is 1.73. The van der Waals surface area contributed by atoms with Crippen molar-refractivity contribution in [2.24, 2.45) is 15.8 Å². The summed E-state index contributed by atoms with van der Waals surface area (Å²) in [6, 6.07) is 29.7. The van der Waals surface area contributed by atoms with Crippen molar-refractivity contribution >= 4 is 34.4 Å². The number of amidine groups is 1. The van der Waals surface area contributed by atoms with E-state index in [0.717, 1.165) is 29.8 Å². The van der Waals surface area contributed by atoms with E-state index in [-0.39, 0.29) is 0 Å². The van der Waals surface area contributed by atoms with Crippen LogP contribution in [0.1, 0.15) is 36.5 Å². The minimum Gasteiger partial charge on any atom is -0.496 e. The van der Waals surface area contributed by atoms with Gasteiger partial charge in [0.05, 0.1) is 25.9 Å². The minimum atomic E-state index is -1.19. The number of hydrogen-bond acceptors (Lipinski definition) is 7. The van der Waals surface area contributed by atoms with Gasteiger partial charge in [-0.1, -0.05) is 80.7 Å². The van der Waals surface area contributed by atoms with Crippen LogP contribution in [0, 0.1) is 33.5 Å². The molecule has 3 aromatic rings. The highest BCUT2D eigenvalue weighted by Crippen LogP contribution is 2.60. The lowest BCUT2D eigenvalue weighted by molar-refractivity contribution is 0.202. The molecule has 3 aliphatic heterocycles. The second-order valence-corrected chi connectivity index (χ2v) is 11.6. The number of piperidine rings is 2. The molecule has 0 aromatic heterocycles. The van der Waals surface area contributed by atoms with Gasteiger partial charge in [0.15, 0.2) is 0 Å². The summed E-state index contributed by atoms with van der Waals surface area (Å²) in [5.74, 6) is 0.731. The van der Waals surface area contributed by atoms with Gasteiger partial charge in [-0.15, -0.1) is 0 Å². The molecule has 7 nitrogen and oxygen atoms in total. The van der Waals surface area contributed by atoms with Crippen molar-refractivity contribution in [1.29, 1.82) is 10.5 Å². The van der Waals surface area contributed by atoms with Crippen molar-refractivity contribution in [3.05, 3.63) is 89.5 Å². The lowest BCUT2D eigenvalue weighted by atomic mass is 9.53. The maximum atomic E-state index is 11.3. The highest BCUT2D eigenvalue weighted by atomic mass is 32.1. The Bertz CT molecular complexity index is 1660. The average Bonchev–Trinajstić information content (AvgIpc) is 3.06. The zero-order valence-electron chi connectivity index (χ0n) is 24.2. The van der Waals surface area contributed by atoms with Crippen molar-refractivity contribution in [2.75, 3.05) is 43.3 Å². The van der Waals surface area contributed by atoms with Crippen LogP contribution in [0.4, 0.5) is 11.4 Å². The second kappa shape index (κ2) is 10.8. The zero-order chi connectivity index (χ0) is 29.5. The fourth-order valence-electron chi connectivity index (χ4n) is 7.25. The summed E-state index contributed by atoms with van der Waals surface area (Å²) < 4.78 is 5.83. The number of hydrogen-bond donors (Lipinski definition) is 0. The highest BCUT2D eigenvalue weighted by molar-refractivity contribution is 7.80. The van der Waals surface area contributed by atoms with Crippen molar-refractivity contribution in [3.63, 3.8) is 0 Å². The molecule has 8 heteroatoms. The van der Waals surface area contributed by atoms with Crippen LogP contribution in [0.5, 0.6) is 5.75 Å². The van der Waals surface area contributed by atoms with Crippen molar-refractivity contribution in [2.45, 2.75) is 32.6 Å². The first-order valence-corrected chi connectivity index (χ1v) is 14.9. The van der Waals surface area contributed by atoms with E-state index < -0.39 is 16.7 Å². The van der Waals surface area contributed by atoms with E-state index in [4.69, 9.17) is 21.9 Å². The molecule has 6 rings (SSSR count). The van der Waals surface area contributed by atoms with Crippen LogP contribution in [0.2, 0.25) is 0 Å². The summed E-state index contributed by atoms with van der Waals surface area (Å²) in [5, 5.41) is 22.5. The number of aliphatic imine (C=N–C) groups is 1. The van der Waals surface area contributed by atoms with Gasteiger partial charge in [0, 0.05) is 35.9 Å². The molecule has 0 saturated carbocycles. The lowest BCUT2D eigenvalue weighted by Gasteiger charge is -2.61. The fraction of sp³-hybridized carbons (Fsp3) is 0.353. The number of methoxy groups -OCH3 is 1. The Morgan fingerprint density at radius 2 is 1.43 bits per heavy atom. The molecule has 212 valence electrons. The minimum absolute atomic E-state index is 0.362. The second-order valence-electron chi connectivity index (χ2n) is 11.2. The summed E-state index contributed by atoms with van der Waals surface area (Å²) in [6.45, 7) is 5.85. The number of rotatable bonds is 6. The molecular weight excluding hydrogens is 540 g/mol. The Morgan fingerprint density at radius 3 is 2.05 bits per heavy atom. The molecule has 0 aliphatic carbocycles.